The Balaban J connectivity index is 1.40. The summed E-state index contributed by atoms with van der Waals surface area (Å²) in [5.41, 5.74) is 0.995. The molecule has 2 saturated heterocycles. The minimum Gasteiger partial charge on any atom is -0.465 e. The fourth-order valence-electron chi connectivity index (χ4n) is 4.70. The highest BCUT2D eigenvalue weighted by Gasteiger charge is 2.39. The van der Waals surface area contributed by atoms with Crippen molar-refractivity contribution in [2.24, 2.45) is 5.92 Å². The summed E-state index contributed by atoms with van der Waals surface area (Å²) in [6.45, 7) is 1.50. The third-order valence-corrected chi connectivity index (χ3v) is 6.85. The molecule has 0 bridgehead atoms. The Morgan fingerprint density at radius 3 is 2.29 bits per heavy atom. The fourth-order valence-corrected chi connectivity index (χ4v) is 4.82. The SMILES string of the molecule is O=C(CN[C@@H]1CN(C(=O)C2CCN(C(=O)O)CC2)C[C@H]1c1ccc(Cl)cc1)Oc1ccc(F)cc1. The lowest BCUT2D eigenvalue weighted by molar-refractivity contribution is -0.136. The maximum atomic E-state index is 13.2. The lowest BCUT2D eigenvalue weighted by Crippen LogP contribution is -2.44. The zero-order chi connectivity index (χ0) is 24.9. The number of carboxylic acid groups (broad SMARTS) is 1. The molecule has 2 aromatic carbocycles. The Morgan fingerprint density at radius 2 is 1.66 bits per heavy atom. The second kappa shape index (κ2) is 11.0. The van der Waals surface area contributed by atoms with Crippen LogP contribution in [-0.4, -0.2) is 71.6 Å². The Labute approximate surface area is 207 Å². The van der Waals surface area contributed by atoms with Crippen LogP contribution in [0.3, 0.4) is 0 Å². The van der Waals surface area contributed by atoms with Gasteiger partial charge in [-0.05, 0) is 54.8 Å². The van der Waals surface area contributed by atoms with Crippen molar-refractivity contribution in [3.8, 4) is 5.75 Å². The molecule has 2 amide bonds. The molecule has 0 spiro atoms. The molecule has 10 heteroatoms. The highest BCUT2D eigenvalue weighted by Crippen LogP contribution is 2.31. The summed E-state index contributed by atoms with van der Waals surface area (Å²) in [6.07, 6.45) is 0.0293. The van der Waals surface area contributed by atoms with Gasteiger partial charge in [-0.1, -0.05) is 23.7 Å². The molecule has 2 aliphatic heterocycles. The van der Waals surface area contributed by atoms with Crippen molar-refractivity contribution in [1.29, 1.82) is 0 Å². The van der Waals surface area contributed by atoms with Crippen LogP contribution in [0.15, 0.2) is 48.5 Å². The minimum absolute atomic E-state index is 0.00666. The average Bonchev–Trinajstić information content (AvgIpc) is 3.28. The molecule has 0 aromatic heterocycles. The van der Waals surface area contributed by atoms with Gasteiger partial charge in [0, 0.05) is 49.1 Å². The summed E-state index contributed by atoms with van der Waals surface area (Å²) < 4.78 is 18.3. The van der Waals surface area contributed by atoms with E-state index in [-0.39, 0.29) is 36.1 Å². The molecular formula is C25H27ClFN3O5. The van der Waals surface area contributed by atoms with Crippen molar-refractivity contribution in [3.63, 3.8) is 0 Å². The molecule has 0 unspecified atom stereocenters. The summed E-state index contributed by atoms with van der Waals surface area (Å²) in [7, 11) is 0. The van der Waals surface area contributed by atoms with Crippen LogP contribution >= 0.6 is 11.6 Å². The van der Waals surface area contributed by atoms with Crippen molar-refractivity contribution < 1.29 is 28.6 Å². The second-order valence-corrected chi connectivity index (χ2v) is 9.30. The van der Waals surface area contributed by atoms with E-state index >= 15 is 0 Å². The monoisotopic (exact) mass is 503 g/mol. The van der Waals surface area contributed by atoms with Gasteiger partial charge in [0.1, 0.15) is 11.6 Å². The van der Waals surface area contributed by atoms with Crippen molar-refractivity contribution >= 4 is 29.6 Å². The molecule has 8 nitrogen and oxygen atoms in total. The maximum Gasteiger partial charge on any atom is 0.407 e. The number of rotatable bonds is 6. The van der Waals surface area contributed by atoms with Crippen LogP contribution < -0.4 is 10.1 Å². The molecule has 2 fully saturated rings. The van der Waals surface area contributed by atoms with Gasteiger partial charge >= 0.3 is 12.1 Å². The van der Waals surface area contributed by atoms with E-state index in [1.54, 1.807) is 17.0 Å². The number of ether oxygens (including phenoxy) is 1. The molecule has 2 heterocycles. The fraction of sp³-hybridized carbons (Fsp3) is 0.400. The average molecular weight is 504 g/mol. The van der Waals surface area contributed by atoms with Gasteiger partial charge in [0.05, 0.1) is 6.54 Å². The van der Waals surface area contributed by atoms with E-state index < -0.39 is 17.9 Å². The number of likely N-dealkylation sites (tertiary alicyclic amines) is 2. The van der Waals surface area contributed by atoms with E-state index in [0.29, 0.717) is 44.0 Å². The molecular weight excluding hydrogens is 477 g/mol. The van der Waals surface area contributed by atoms with Gasteiger partial charge in [-0.2, -0.15) is 0 Å². The van der Waals surface area contributed by atoms with E-state index in [9.17, 15) is 18.8 Å². The predicted octanol–water partition coefficient (Wildman–Crippen LogP) is 3.36. The number of carbonyl (C=O) groups excluding carboxylic acids is 2. The number of carbonyl (C=O) groups is 3. The largest absolute Gasteiger partial charge is 0.465 e. The second-order valence-electron chi connectivity index (χ2n) is 8.86. The van der Waals surface area contributed by atoms with Gasteiger partial charge < -0.3 is 25.0 Å². The van der Waals surface area contributed by atoms with Gasteiger partial charge in [0.25, 0.3) is 0 Å². The van der Waals surface area contributed by atoms with Gasteiger partial charge in [-0.15, -0.1) is 0 Å². The molecule has 2 aromatic rings. The van der Waals surface area contributed by atoms with Crippen molar-refractivity contribution in [1.82, 2.24) is 15.1 Å². The molecule has 2 aliphatic rings. The molecule has 2 N–H and O–H groups in total. The predicted molar refractivity (Wildman–Crippen MR) is 127 cm³/mol. The summed E-state index contributed by atoms with van der Waals surface area (Å²) in [4.78, 5) is 39.9. The number of amides is 2. The van der Waals surface area contributed by atoms with Crippen LogP contribution in [0, 0.1) is 11.7 Å². The highest BCUT2D eigenvalue weighted by molar-refractivity contribution is 6.30. The molecule has 35 heavy (non-hydrogen) atoms. The van der Waals surface area contributed by atoms with Crippen LogP contribution in [0.5, 0.6) is 5.75 Å². The third-order valence-electron chi connectivity index (χ3n) is 6.60. The zero-order valence-electron chi connectivity index (χ0n) is 19.0. The van der Waals surface area contributed by atoms with Crippen LogP contribution in [0.2, 0.25) is 5.02 Å². The summed E-state index contributed by atoms with van der Waals surface area (Å²) in [5.74, 6) is -0.960. The Bertz CT molecular complexity index is 1060. The number of hydrogen-bond donors (Lipinski definition) is 2. The molecule has 0 aliphatic carbocycles. The highest BCUT2D eigenvalue weighted by atomic mass is 35.5. The van der Waals surface area contributed by atoms with E-state index in [1.165, 1.54) is 29.2 Å². The first kappa shape index (κ1) is 24.9. The van der Waals surface area contributed by atoms with Gasteiger partial charge in [0.15, 0.2) is 0 Å². The standard InChI is InChI=1S/C25H27ClFN3O5/c26-18-3-1-16(2-4-18)21-14-30(24(32)17-9-11-29(12-10-17)25(33)34)15-22(21)28-13-23(31)35-20-7-5-19(27)6-8-20/h1-8,17,21-22,28H,9-15H2,(H,33,34)/t21-,22+/m0/s1. The Kier molecular flexibility index (Phi) is 7.87. The van der Waals surface area contributed by atoms with Crippen molar-refractivity contribution in [3.05, 3.63) is 64.9 Å². The van der Waals surface area contributed by atoms with Crippen LogP contribution in [0.1, 0.15) is 24.3 Å². The number of nitrogens with one attached hydrogen (secondary N) is 1. The number of benzene rings is 2. The van der Waals surface area contributed by atoms with Gasteiger partial charge in [0.2, 0.25) is 5.91 Å². The number of esters is 1. The number of piperidine rings is 1. The van der Waals surface area contributed by atoms with Crippen LogP contribution in [0.4, 0.5) is 9.18 Å². The maximum absolute atomic E-state index is 13.2. The van der Waals surface area contributed by atoms with E-state index in [2.05, 4.69) is 5.32 Å². The molecule has 0 radical (unpaired) electrons. The summed E-state index contributed by atoms with van der Waals surface area (Å²) in [5, 5.41) is 13.0. The minimum atomic E-state index is -0.961. The normalized spacial score (nSPS) is 20.6. The lowest BCUT2D eigenvalue weighted by atomic mass is 9.94. The lowest BCUT2D eigenvalue weighted by Gasteiger charge is -2.31. The van der Waals surface area contributed by atoms with E-state index in [4.69, 9.17) is 21.4 Å². The molecule has 4 rings (SSSR count). The number of hydrogen-bond acceptors (Lipinski definition) is 5. The summed E-state index contributed by atoms with van der Waals surface area (Å²) in [6, 6.07) is 12.4. The molecule has 186 valence electrons. The zero-order valence-corrected chi connectivity index (χ0v) is 19.8. The molecule has 0 saturated carbocycles. The van der Waals surface area contributed by atoms with Gasteiger partial charge in [-0.3, -0.25) is 9.59 Å². The van der Waals surface area contributed by atoms with E-state index in [0.717, 1.165) is 5.56 Å². The Hall–Kier alpha value is -3.17. The first-order valence-electron chi connectivity index (χ1n) is 11.5. The quantitative estimate of drug-likeness (QED) is 0.463. The number of halogens is 2. The van der Waals surface area contributed by atoms with Crippen LogP contribution in [0.25, 0.3) is 0 Å². The van der Waals surface area contributed by atoms with Gasteiger partial charge in [-0.25, -0.2) is 9.18 Å². The van der Waals surface area contributed by atoms with Crippen molar-refractivity contribution in [2.45, 2.75) is 24.8 Å². The first-order valence-corrected chi connectivity index (χ1v) is 11.9. The topological polar surface area (TPSA) is 99.2 Å². The third kappa shape index (κ3) is 6.29. The summed E-state index contributed by atoms with van der Waals surface area (Å²) >= 11 is 6.05. The van der Waals surface area contributed by atoms with E-state index in [1.807, 2.05) is 12.1 Å². The van der Waals surface area contributed by atoms with Crippen molar-refractivity contribution in [2.75, 3.05) is 32.7 Å². The van der Waals surface area contributed by atoms with Crippen LogP contribution in [-0.2, 0) is 9.59 Å². The molecule has 2 atom stereocenters. The number of nitrogens with zero attached hydrogens (tertiary/aromatic N) is 2. The first-order chi connectivity index (χ1) is 16.8. The Morgan fingerprint density at radius 1 is 1.00 bits per heavy atom. The smallest absolute Gasteiger partial charge is 0.407 e.